The lowest BCUT2D eigenvalue weighted by molar-refractivity contribution is -0.142. The Morgan fingerprint density at radius 2 is 1.89 bits per heavy atom. The summed E-state index contributed by atoms with van der Waals surface area (Å²) in [7, 11) is 3.82. The minimum atomic E-state index is -4.72. The van der Waals surface area contributed by atoms with Crippen molar-refractivity contribution in [3.63, 3.8) is 0 Å². The molecule has 1 aromatic heterocycles. The molecule has 2 rings (SSSR count). The number of benzene rings is 1. The highest BCUT2D eigenvalue weighted by Gasteiger charge is 2.38. The fourth-order valence-corrected chi connectivity index (χ4v) is 3.33. The predicted octanol–water partition coefficient (Wildman–Crippen LogP) is 3.68. The number of hydrogen-bond acceptors (Lipinski definition) is 4. The van der Waals surface area contributed by atoms with E-state index >= 15 is 0 Å². The summed E-state index contributed by atoms with van der Waals surface area (Å²) in [6.45, 7) is 3.26. The number of nitrogens with one attached hydrogen (secondary N) is 1. The molecule has 0 aliphatic carbocycles. The number of likely N-dealkylation sites (N-methyl/N-ethyl adjacent to an activating group) is 1. The third-order valence-corrected chi connectivity index (χ3v) is 4.98. The van der Waals surface area contributed by atoms with E-state index in [9.17, 15) is 18.0 Å². The van der Waals surface area contributed by atoms with Crippen LogP contribution in [0.15, 0.2) is 39.6 Å². The van der Waals surface area contributed by atoms with Gasteiger partial charge in [0.25, 0.3) is 5.56 Å². The van der Waals surface area contributed by atoms with Gasteiger partial charge in [-0.15, -0.1) is 0 Å². The molecule has 0 radical (unpaired) electrons. The van der Waals surface area contributed by atoms with Gasteiger partial charge in [-0.1, -0.05) is 37.3 Å². The fourth-order valence-electron chi connectivity index (χ4n) is 2.80. The van der Waals surface area contributed by atoms with E-state index in [1.807, 2.05) is 56.3 Å². The number of alkyl halides is 3. The molecule has 1 aromatic carbocycles. The molecule has 0 saturated heterocycles. The Hall–Kier alpha value is -1.71. The number of halogens is 4. The summed E-state index contributed by atoms with van der Waals surface area (Å²) in [6.07, 6.45) is -4.23. The van der Waals surface area contributed by atoms with E-state index in [0.717, 1.165) is 5.56 Å². The van der Waals surface area contributed by atoms with Gasteiger partial charge < -0.3 is 10.2 Å². The second kappa shape index (κ2) is 9.67. The van der Waals surface area contributed by atoms with Crippen LogP contribution in [0.3, 0.4) is 0 Å². The number of rotatable bonds is 8. The molecule has 154 valence electrons. The van der Waals surface area contributed by atoms with Gasteiger partial charge in [-0.05, 0) is 42.0 Å². The van der Waals surface area contributed by atoms with Gasteiger partial charge in [0.15, 0.2) is 5.69 Å². The maximum Gasteiger partial charge on any atom is 0.434 e. The standard InChI is InChI=1S/C19H24BrF3N4O/c1-4-14(24-10-11-26(2)3)17-25-16(19(21,22)23)15(20)18(28)27(17)12-13-8-6-5-7-9-13/h5-9,14,24H,4,10-12H2,1-3H3. The van der Waals surface area contributed by atoms with Crippen molar-refractivity contribution >= 4 is 15.9 Å². The molecule has 2 aromatic rings. The molecular weight excluding hydrogens is 437 g/mol. The first kappa shape index (κ1) is 22.6. The lowest BCUT2D eigenvalue weighted by Crippen LogP contribution is -2.37. The largest absolute Gasteiger partial charge is 0.434 e. The maximum atomic E-state index is 13.4. The van der Waals surface area contributed by atoms with Crippen LogP contribution in [-0.2, 0) is 12.7 Å². The Balaban J connectivity index is 2.54. The van der Waals surface area contributed by atoms with Crippen LogP contribution in [0.1, 0.15) is 36.5 Å². The van der Waals surface area contributed by atoms with Gasteiger partial charge in [0.05, 0.1) is 12.6 Å². The van der Waals surface area contributed by atoms with Crippen LogP contribution in [0.2, 0.25) is 0 Å². The van der Waals surface area contributed by atoms with Gasteiger partial charge in [-0.3, -0.25) is 9.36 Å². The summed E-state index contributed by atoms with van der Waals surface area (Å²) in [5.41, 5.74) is -1.12. The van der Waals surface area contributed by atoms with Crippen molar-refractivity contribution in [1.82, 2.24) is 19.8 Å². The molecule has 1 heterocycles. The monoisotopic (exact) mass is 460 g/mol. The Morgan fingerprint density at radius 3 is 2.43 bits per heavy atom. The molecule has 5 nitrogen and oxygen atoms in total. The average Bonchev–Trinajstić information content (AvgIpc) is 2.63. The zero-order valence-corrected chi connectivity index (χ0v) is 17.6. The molecule has 9 heteroatoms. The summed E-state index contributed by atoms with van der Waals surface area (Å²) in [5.74, 6) is 0.0886. The van der Waals surface area contributed by atoms with Crippen LogP contribution in [0, 0.1) is 0 Å². The summed E-state index contributed by atoms with van der Waals surface area (Å²) in [5, 5.41) is 3.22. The Morgan fingerprint density at radius 1 is 1.25 bits per heavy atom. The highest BCUT2D eigenvalue weighted by Crippen LogP contribution is 2.32. The van der Waals surface area contributed by atoms with Gasteiger partial charge in [0, 0.05) is 13.1 Å². The van der Waals surface area contributed by atoms with E-state index in [0.29, 0.717) is 19.5 Å². The zero-order valence-electron chi connectivity index (χ0n) is 16.1. The topological polar surface area (TPSA) is 50.2 Å². The Bertz CT molecular complexity index is 838. The molecule has 0 bridgehead atoms. The minimum absolute atomic E-state index is 0.0886. The summed E-state index contributed by atoms with van der Waals surface area (Å²) < 4.78 is 41.0. The highest BCUT2D eigenvalue weighted by atomic mass is 79.9. The predicted molar refractivity (Wildman–Crippen MR) is 106 cm³/mol. The van der Waals surface area contributed by atoms with E-state index < -0.39 is 27.9 Å². The Labute approximate surface area is 170 Å². The molecule has 0 fully saturated rings. The SMILES string of the molecule is CCC(NCCN(C)C)c1nc(C(F)(F)F)c(Br)c(=O)n1Cc1ccccc1. The van der Waals surface area contributed by atoms with E-state index in [1.165, 1.54) is 4.57 Å². The number of nitrogens with zero attached hydrogens (tertiary/aromatic N) is 3. The molecule has 0 spiro atoms. The summed E-state index contributed by atoms with van der Waals surface area (Å²) >= 11 is 2.81. The molecule has 0 aliphatic heterocycles. The minimum Gasteiger partial charge on any atom is -0.308 e. The van der Waals surface area contributed by atoms with Gasteiger partial charge in [0.2, 0.25) is 0 Å². The quantitative estimate of drug-likeness (QED) is 0.652. The van der Waals surface area contributed by atoms with Crippen LogP contribution >= 0.6 is 15.9 Å². The zero-order chi connectivity index (χ0) is 20.9. The molecule has 0 amide bonds. The van der Waals surface area contributed by atoms with Crippen LogP contribution in [0.4, 0.5) is 13.2 Å². The van der Waals surface area contributed by atoms with Crippen molar-refractivity contribution < 1.29 is 13.2 Å². The van der Waals surface area contributed by atoms with Crippen molar-refractivity contribution in [3.8, 4) is 0 Å². The lowest BCUT2D eigenvalue weighted by Gasteiger charge is -2.23. The van der Waals surface area contributed by atoms with Crippen LogP contribution in [-0.4, -0.2) is 41.6 Å². The van der Waals surface area contributed by atoms with E-state index in [4.69, 9.17) is 0 Å². The Kier molecular flexibility index (Phi) is 7.79. The fraction of sp³-hybridized carbons (Fsp3) is 0.474. The lowest BCUT2D eigenvalue weighted by atomic mass is 10.1. The van der Waals surface area contributed by atoms with E-state index in [2.05, 4.69) is 26.2 Å². The maximum absolute atomic E-state index is 13.4. The molecule has 0 aliphatic rings. The van der Waals surface area contributed by atoms with Gasteiger partial charge in [-0.2, -0.15) is 13.2 Å². The highest BCUT2D eigenvalue weighted by molar-refractivity contribution is 9.10. The first-order valence-electron chi connectivity index (χ1n) is 8.94. The van der Waals surface area contributed by atoms with Crippen molar-refractivity contribution in [3.05, 3.63) is 62.2 Å². The molecule has 1 unspecified atom stereocenters. The van der Waals surface area contributed by atoms with E-state index in [1.54, 1.807) is 0 Å². The smallest absolute Gasteiger partial charge is 0.308 e. The average molecular weight is 461 g/mol. The summed E-state index contributed by atoms with van der Waals surface area (Å²) in [6, 6.07) is 8.64. The van der Waals surface area contributed by atoms with Gasteiger partial charge in [-0.25, -0.2) is 4.98 Å². The molecule has 1 N–H and O–H groups in total. The van der Waals surface area contributed by atoms with Gasteiger partial charge >= 0.3 is 6.18 Å². The molecule has 28 heavy (non-hydrogen) atoms. The first-order valence-corrected chi connectivity index (χ1v) is 9.73. The van der Waals surface area contributed by atoms with Crippen LogP contribution in [0.25, 0.3) is 0 Å². The molecule has 1 atom stereocenters. The number of hydrogen-bond donors (Lipinski definition) is 1. The van der Waals surface area contributed by atoms with E-state index in [-0.39, 0.29) is 12.4 Å². The van der Waals surface area contributed by atoms with Gasteiger partial charge in [0.1, 0.15) is 10.3 Å². The third kappa shape index (κ3) is 5.65. The van der Waals surface area contributed by atoms with Crippen molar-refractivity contribution in [1.29, 1.82) is 0 Å². The second-order valence-electron chi connectivity index (χ2n) is 6.73. The second-order valence-corrected chi connectivity index (χ2v) is 7.52. The van der Waals surface area contributed by atoms with Crippen LogP contribution in [0.5, 0.6) is 0 Å². The first-order chi connectivity index (χ1) is 13.1. The number of aromatic nitrogens is 2. The van der Waals surface area contributed by atoms with Crippen molar-refractivity contribution in [2.75, 3.05) is 27.2 Å². The summed E-state index contributed by atoms with van der Waals surface area (Å²) in [4.78, 5) is 18.7. The normalized spacial score (nSPS) is 13.1. The van der Waals surface area contributed by atoms with Crippen molar-refractivity contribution in [2.45, 2.75) is 32.1 Å². The molecular formula is C19H24BrF3N4O. The molecule has 0 saturated carbocycles. The van der Waals surface area contributed by atoms with Crippen molar-refractivity contribution in [2.24, 2.45) is 0 Å². The third-order valence-electron chi connectivity index (χ3n) is 4.27. The van der Waals surface area contributed by atoms with Crippen LogP contribution < -0.4 is 10.9 Å².